The molecule has 10 heavy (non-hydrogen) atoms. The highest BCUT2D eigenvalue weighted by Gasteiger charge is 2.11. The van der Waals surface area contributed by atoms with Gasteiger partial charge in [0.2, 0.25) is 0 Å². The predicted octanol–water partition coefficient (Wildman–Crippen LogP) is 1.43. The van der Waals surface area contributed by atoms with E-state index in [0.29, 0.717) is 0 Å². The van der Waals surface area contributed by atoms with Crippen LogP contribution in [0.5, 0.6) is 0 Å². The first-order chi connectivity index (χ1) is 4.79. The third kappa shape index (κ3) is 2.96. The van der Waals surface area contributed by atoms with E-state index in [4.69, 9.17) is 0 Å². The zero-order valence-electron chi connectivity index (χ0n) is 5.98. The first-order valence-corrected chi connectivity index (χ1v) is 4.77. The molecule has 0 aromatic rings. The second kappa shape index (κ2) is 4.28. The summed E-state index contributed by atoms with van der Waals surface area (Å²) in [5.41, 5.74) is 0. The molecule has 0 radical (unpaired) electrons. The molecule has 0 aromatic carbocycles. The number of likely N-dealkylation sites (tertiary alicyclic amines) is 1. The summed E-state index contributed by atoms with van der Waals surface area (Å²) in [6.45, 7) is 3.37. The van der Waals surface area contributed by atoms with E-state index in [0.717, 1.165) is 13.0 Å². The molecule has 0 N–H and O–H groups in total. The van der Waals surface area contributed by atoms with Gasteiger partial charge in [-0.2, -0.15) is 0 Å². The largest absolute Gasteiger partial charge is 0.303 e. The lowest BCUT2D eigenvalue weighted by atomic mass is 10.4. The van der Waals surface area contributed by atoms with Crippen molar-refractivity contribution in [1.82, 2.24) is 4.90 Å². The average molecular weight is 253 g/mol. The Hall–Kier alpha value is 0.360. The van der Waals surface area contributed by atoms with E-state index in [-0.39, 0.29) is 3.79 Å². The highest BCUT2D eigenvalue weighted by atomic mass is 127. The van der Waals surface area contributed by atoms with Gasteiger partial charge >= 0.3 is 0 Å². The van der Waals surface area contributed by atoms with Crippen LogP contribution in [-0.2, 0) is 4.79 Å². The molecule has 0 unspecified atom stereocenters. The Morgan fingerprint density at radius 3 is 2.50 bits per heavy atom. The highest BCUT2D eigenvalue weighted by molar-refractivity contribution is 14.1. The summed E-state index contributed by atoms with van der Waals surface area (Å²) in [5.74, 6) is 0. The predicted molar refractivity (Wildman–Crippen MR) is 49.3 cm³/mol. The molecule has 1 aliphatic heterocycles. The summed E-state index contributed by atoms with van der Waals surface area (Å²) in [6, 6.07) is 0. The maximum absolute atomic E-state index is 10.6. The van der Waals surface area contributed by atoms with Crippen molar-refractivity contribution < 1.29 is 4.79 Å². The fourth-order valence-electron chi connectivity index (χ4n) is 1.25. The third-order valence-electron chi connectivity index (χ3n) is 1.82. The van der Waals surface area contributed by atoms with Crippen LogP contribution in [0.3, 0.4) is 0 Å². The first kappa shape index (κ1) is 8.46. The number of hydrogen-bond acceptors (Lipinski definition) is 2. The SMILES string of the molecule is O=C(I)CCN1CCCC1. The number of hydrogen-bond donors (Lipinski definition) is 0. The van der Waals surface area contributed by atoms with Crippen molar-refractivity contribution in [1.29, 1.82) is 0 Å². The summed E-state index contributed by atoms with van der Waals surface area (Å²) >= 11 is 1.86. The van der Waals surface area contributed by atoms with E-state index < -0.39 is 0 Å². The minimum absolute atomic E-state index is 0.282. The molecular weight excluding hydrogens is 241 g/mol. The van der Waals surface area contributed by atoms with Crippen LogP contribution in [0.2, 0.25) is 0 Å². The summed E-state index contributed by atoms with van der Waals surface area (Å²) in [6.07, 6.45) is 3.35. The van der Waals surface area contributed by atoms with Gasteiger partial charge in [-0.15, -0.1) is 0 Å². The van der Waals surface area contributed by atoms with Crippen molar-refractivity contribution in [3.8, 4) is 0 Å². The van der Waals surface area contributed by atoms with Crippen LogP contribution in [0.25, 0.3) is 0 Å². The smallest absolute Gasteiger partial charge is 0.193 e. The topological polar surface area (TPSA) is 20.3 Å². The Kier molecular flexibility index (Phi) is 3.62. The van der Waals surface area contributed by atoms with E-state index in [1.165, 1.54) is 25.9 Å². The summed E-state index contributed by atoms with van der Waals surface area (Å²) in [7, 11) is 0. The van der Waals surface area contributed by atoms with Crippen LogP contribution >= 0.6 is 22.6 Å². The van der Waals surface area contributed by atoms with Crippen LogP contribution in [0.15, 0.2) is 0 Å². The van der Waals surface area contributed by atoms with Gasteiger partial charge in [0.15, 0.2) is 3.79 Å². The molecule has 3 heteroatoms. The minimum Gasteiger partial charge on any atom is -0.303 e. The Morgan fingerprint density at radius 2 is 2.00 bits per heavy atom. The van der Waals surface area contributed by atoms with Gasteiger partial charge in [-0.1, -0.05) is 0 Å². The molecule has 0 saturated carbocycles. The number of nitrogens with zero attached hydrogens (tertiary/aromatic N) is 1. The Bertz CT molecular complexity index is 121. The van der Waals surface area contributed by atoms with Crippen molar-refractivity contribution in [3.05, 3.63) is 0 Å². The second-order valence-corrected chi connectivity index (χ2v) is 3.86. The molecule has 1 aliphatic rings. The van der Waals surface area contributed by atoms with Crippen LogP contribution in [0.4, 0.5) is 0 Å². The lowest BCUT2D eigenvalue weighted by Crippen LogP contribution is -2.21. The molecule has 0 aromatic heterocycles. The molecule has 0 aliphatic carbocycles. The number of carbonyl (C=O) groups is 1. The van der Waals surface area contributed by atoms with Gasteiger partial charge in [-0.25, -0.2) is 0 Å². The third-order valence-corrected chi connectivity index (χ3v) is 2.36. The van der Waals surface area contributed by atoms with Crippen molar-refractivity contribution in [2.24, 2.45) is 0 Å². The lowest BCUT2D eigenvalue weighted by molar-refractivity contribution is -0.109. The van der Waals surface area contributed by atoms with E-state index in [1.54, 1.807) is 0 Å². The van der Waals surface area contributed by atoms with Crippen molar-refractivity contribution in [2.45, 2.75) is 19.3 Å². The molecule has 1 saturated heterocycles. The monoisotopic (exact) mass is 253 g/mol. The van der Waals surface area contributed by atoms with E-state index in [1.807, 2.05) is 22.6 Å². The zero-order chi connectivity index (χ0) is 7.40. The Morgan fingerprint density at radius 1 is 1.40 bits per heavy atom. The maximum Gasteiger partial charge on any atom is 0.193 e. The van der Waals surface area contributed by atoms with Gasteiger partial charge in [-0.05, 0) is 48.5 Å². The van der Waals surface area contributed by atoms with Gasteiger partial charge in [0.05, 0.1) is 0 Å². The summed E-state index contributed by atoms with van der Waals surface area (Å²) < 4.78 is 0.282. The molecule has 0 spiro atoms. The van der Waals surface area contributed by atoms with E-state index in [2.05, 4.69) is 4.90 Å². The van der Waals surface area contributed by atoms with Crippen LogP contribution in [0.1, 0.15) is 19.3 Å². The Balaban J connectivity index is 2.07. The van der Waals surface area contributed by atoms with Gasteiger partial charge in [0.1, 0.15) is 0 Å². The maximum atomic E-state index is 10.6. The van der Waals surface area contributed by atoms with Crippen molar-refractivity contribution in [2.75, 3.05) is 19.6 Å². The van der Waals surface area contributed by atoms with Gasteiger partial charge < -0.3 is 4.90 Å². The van der Waals surface area contributed by atoms with E-state index in [9.17, 15) is 4.79 Å². The fourth-order valence-corrected chi connectivity index (χ4v) is 1.49. The quantitative estimate of drug-likeness (QED) is 0.560. The normalized spacial score (nSPS) is 19.7. The second-order valence-electron chi connectivity index (χ2n) is 2.65. The van der Waals surface area contributed by atoms with Gasteiger partial charge in [0, 0.05) is 13.0 Å². The molecule has 1 fully saturated rings. The molecule has 1 rings (SSSR count). The van der Waals surface area contributed by atoms with Crippen molar-refractivity contribution in [3.63, 3.8) is 0 Å². The van der Waals surface area contributed by atoms with Crippen LogP contribution < -0.4 is 0 Å². The fraction of sp³-hybridized carbons (Fsp3) is 0.857. The molecule has 0 bridgehead atoms. The van der Waals surface area contributed by atoms with Crippen molar-refractivity contribution >= 4 is 26.4 Å². The standard InChI is InChI=1S/C7H12INO/c8-7(10)3-6-9-4-1-2-5-9/h1-6H2. The molecule has 1 heterocycles. The Labute approximate surface area is 75.1 Å². The first-order valence-electron chi connectivity index (χ1n) is 3.70. The number of carbonyl (C=O) groups excluding carboxylic acids is 1. The zero-order valence-corrected chi connectivity index (χ0v) is 8.13. The average Bonchev–Trinajstić information content (AvgIpc) is 2.34. The van der Waals surface area contributed by atoms with Gasteiger partial charge in [-0.3, -0.25) is 4.79 Å². The number of rotatable bonds is 3. The molecule has 0 atom stereocenters. The van der Waals surface area contributed by atoms with Crippen LogP contribution in [-0.4, -0.2) is 28.3 Å². The highest BCUT2D eigenvalue weighted by Crippen LogP contribution is 2.08. The molecule has 2 nitrogen and oxygen atoms in total. The van der Waals surface area contributed by atoms with Crippen LogP contribution in [0, 0.1) is 0 Å². The minimum atomic E-state index is 0.282. The molecule has 58 valence electrons. The van der Waals surface area contributed by atoms with Gasteiger partial charge in [0.25, 0.3) is 0 Å². The summed E-state index contributed by atoms with van der Waals surface area (Å²) in [5, 5.41) is 0. The summed E-state index contributed by atoms with van der Waals surface area (Å²) in [4.78, 5) is 12.9. The molecule has 0 amide bonds. The van der Waals surface area contributed by atoms with E-state index >= 15 is 0 Å². The number of halogens is 1. The lowest BCUT2D eigenvalue weighted by Gasteiger charge is -2.11. The molecular formula is C7H12INO.